The summed E-state index contributed by atoms with van der Waals surface area (Å²) in [5.74, 6) is -10.4. The van der Waals surface area contributed by atoms with E-state index in [1.165, 1.54) is 18.2 Å². The lowest BCUT2D eigenvalue weighted by atomic mass is 9.49. The molecule has 0 spiro atoms. The molecule has 0 aromatic heterocycles. The van der Waals surface area contributed by atoms with Crippen LogP contribution < -0.4 is 10.3 Å². The van der Waals surface area contributed by atoms with E-state index < -0.39 is 87.5 Å². The largest absolute Gasteiger partial charge is 0.507 e. The fourth-order valence-corrected chi connectivity index (χ4v) is 8.92. The summed E-state index contributed by atoms with van der Waals surface area (Å²) in [5, 5.41) is 31.0. The third-order valence-electron chi connectivity index (χ3n) is 11.2. The number of benzene rings is 4. The van der Waals surface area contributed by atoms with Gasteiger partial charge in [-0.3, -0.25) is 24.6 Å². The lowest BCUT2D eigenvalue weighted by Gasteiger charge is -2.50. The van der Waals surface area contributed by atoms with E-state index in [9.17, 15) is 34.5 Å². The molecule has 4 N–H and O–H groups in total. The molecule has 4 aromatic rings. The highest BCUT2D eigenvalue weighted by molar-refractivity contribution is 6.23. The Kier molecular flexibility index (Phi) is 7.52. The van der Waals surface area contributed by atoms with E-state index in [2.05, 4.69) is 5.43 Å². The molecule has 6 atom stereocenters. The Morgan fingerprint density at radius 2 is 1.58 bits per heavy atom. The van der Waals surface area contributed by atoms with Crippen LogP contribution in [0.3, 0.4) is 0 Å². The predicted octanol–water partition coefficient (Wildman–Crippen LogP) is 5.43. The number of fused-ring (bicyclic) bond motifs is 4. The van der Waals surface area contributed by atoms with Crippen LogP contribution in [-0.2, 0) is 24.6 Å². The second-order valence-corrected chi connectivity index (χ2v) is 13.8. The molecule has 12 heteroatoms. The first-order valence-corrected chi connectivity index (χ1v) is 16.8. The van der Waals surface area contributed by atoms with E-state index >= 15 is 9.18 Å². The van der Waals surface area contributed by atoms with Crippen LogP contribution in [0.1, 0.15) is 45.8 Å². The number of phenols is 2. The number of hydrogen-bond acceptors (Lipinski definition) is 8. The van der Waals surface area contributed by atoms with Crippen molar-refractivity contribution in [2.75, 3.05) is 10.3 Å². The normalized spacial score (nSPS) is 26.5. The van der Waals surface area contributed by atoms with Crippen molar-refractivity contribution in [2.45, 2.75) is 31.1 Å². The Labute approximate surface area is 296 Å². The summed E-state index contributed by atoms with van der Waals surface area (Å²) in [5.41, 5.74) is 3.86. The molecule has 0 bridgehead atoms. The number of rotatable bonds is 6. The average molecular weight is 702 g/mol. The van der Waals surface area contributed by atoms with Crippen LogP contribution in [0.4, 0.5) is 15.8 Å². The highest BCUT2D eigenvalue weighted by Crippen LogP contribution is 2.64. The number of hydrazine groups is 1. The first kappa shape index (κ1) is 32.9. The lowest BCUT2D eigenvalue weighted by molar-refractivity contribution is -0.138. The second kappa shape index (κ2) is 11.9. The number of imide groups is 2. The number of nitrogens with one attached hydrogen (secondary N) is 1. The average Bonchev–Trinajstić information content (AvgIpc) is 3.51. The number of allylic oxidation sites excluding steroid dienone is 2. The van der Waals surface area contributed by atoms with Crippen LogP contribution in [0, 0.1) is 36.4 Å². The van der Waals surface area contributed by atoms with E-state index in [4.69, 9.17) is 0 Å². The molecule has 52 heavy (non-hydrogen) atoms. The van der Waals surface area contributed by atoms with Crippen molar-refractivity contribution in [2.24, 2.45) is 23.7 Å². The maximum atomic E-state index is 15.3. The van der Waals surface area contributed by atoms with Gasteiger partial charge < -0.3 is 15.3 Å². The van der Waals surface area contributed by atoms with Gasteiger partial charge in [-0.25, -0.2) is 14.1 Å². The van der Waals surface area contributed by atoms with Crippen molar-refractivity contribution in [1.82, 2.24) is 5.01 Å². The Morgan fingerprint density at radius 1 is 0.846 bits per heavy atom. The van der Waals surface area contributed by atoms with Gasteiger partial charge in [-0.05, 0) is 73.2 Å². The number of carbonyl (C=O) groups is 5. The molecular weight excluding hydrogens is 669 g/mol. The molecule has 4 aliphatic rings. The van der Waals surface area contributed by atoms with Crippen LogP contribution in [0.5, 0.6) is 11.5 Å². The van der Waals surface area contributed by atoms with Crippen LogP contribution >= 0.6 is 0 Å². The number of nitrogens with zero attached hydrogens (tertiary/aromatic N) is 2. The number of halogens is 1. The molecule has 2 heterocycles. The molecule has 2 aliphatic carbocycles. The fraction of sp³-hybridized carbons (Fsp3) is 0.225. The molecule has 2 aliphatic heterocycles. The highest BCUT2D eigenvalue weighted by Gasteiger charge is 2.70. The minimum absolute atomic E-state index is 0.000594. The van der Waals surface area contributed by atoms with Gasteiger partial charge in [0, 0.05) is 12.0 Å². The molecule has 4 aromatic carbocycles. The van der Waals surface area contributed by atoms with E-state index in [0.29, 0.717) is 22.4 Å². The van der Waals surface area contributed by atoms with Crippen LogP contribution in [-0.4, -0.2) is 49.9 Å². The van der Waals surface area contributed by atoms with Crippen molar-refractivity contribution < 1.29 is 43.7 Å². The second-order valence-electron chi connectivity index (χ2n) is 13.8. The fourth-order valence-electron chi connectivity index (χ4n) is 8.92. The van der Waals surface area contributed by atoms with Gasteiger partial charge in [0.2, 0.25) is 11.8 Å². The monoisotopic (exact) mass is 701 g/mol. The summed E-state index contributed by atoms with van der Waals surface area (Å²) in [6.45, 7) is 1.91. The number of anilines is 2. The maximum absolute atomic E-state index is 15.3. The number of carboxylic acids is 1. The van der Waals surface area contributed by atoms with E-state index in [1.807, 2.05) is 25.1 Å². The van der Waals surface area contributed by atoms with Crippen LogP contribution in [0.15, 0.2) is 103 Å². The van der Waals surface area contributed by atoms with Crippen LogP contribution in [0.25, 0.3) is 0 Å². The first-order valence-electron chi connectivity index (χ1n) is 16.8. The van der Waals surface area contributed by atoms with E-state index in [1.54, 1.807) is 42.5 Å². The summed E-state index contributed by atoms with van der Waals surface area (Å²) < 4.78 is 15.3. The van der Waals surface area contributed by atoms with Crippen molar-refractivity contribution in [3.05, 3.63) is 131 Å². The smallest absolute Gasteiger partial charge is 0.339 e. The van der Waals surface area contributed by atoms with Crippen molar-refractivity contribution in [3.63, 3.8) is 0 Å². The topological polar surface area (TPSA) is 165 Å². The van der Waals surface area contributed by atoms with Gasteiger partial charge in [-0.15, -0.1) is 0 Å². The summed E-state index contributed by atoms with van der Waals surface area (Å²) in [7, 11) is 0. The Balaban J connectivity index is 1.30. The number of carbonyl (C=O) groups excluding carboxylic acids is 4. The summed E-state index contributed by atoms with van der Waals surface area (Å²) in [6, 6.07) is 23.2. The molecule has 262 valence electrons. The number of aromatic hydroxyl groups is 2. The van der Waals surface area contributed by atoms with E-state index in [-0.39, 0.29) is 18.5 Å². The Bertz CT molecular complexity index is 2240. The maximum Gasteiger partial charge on any atom is 0.339 e. The zero-order valence-corrected chi connectivity index (χ0v) is 27.7. The van der Waals surface area contributed by atoms with Gasteiger partial charge in [0.05, 0.1) is 34.5 Å². The van der Waals surface area contributed by atoms with Gasteiger partial charge in [0.15, 0.2) is 11.6 Å². The molecular formula is C40H32FN3O8. The summed E-state index contributed by atoms with van der Waals surface area (Å²) in [6.07, 6.45) is 1.91. The third kappa shape index (κ3) is 4.66. The van der Waals surface area contributed by atoms with Gasteiger partial charge >= 0.3 is 5.97 Å². The molecule has 11 nitrogen and oxygen atoms in total. The van der Waals surface area contributed by atoms with Crippen molar-refractivity contribution in [1.29, 1.82) is 0 Å². The number of aryl methyl sites for hydroxylation is 1. The third-order valence-corrected chi connectivity index (χ3v) is 11.2. The van der Waals surface area contributed by atoms with Gasteiger partial charge in [0.25, 0.3) is 11.8 Å². The lowest BCUT2D eigenvalue weighted by Crippen LogP contribution is -2.53. The number of carboxylic acid groups (broad SMARTS) is 1. The quantitative estimate of drug-likeness (QED) is 0.152. The summed E-state index contributed by atoms with van der Waals surface area (Å²) >= 11 is 0. The van der Waals surface area contributed by atoms with Crippen molar-refractivity contribution in [3.8, 4) is 11.5 Å². The molecule has 0 radical (unpaired) electrons. The number of hydrogen-bond donors (Lipinski definition) is 4. The SMILES string of the molecule is Cc1ccc(NN2C(=O)C3CC4C(=CCC5C(=O)N(c6ccc(C(=O)O)c(O)c6)C(=O)C54)C(c4ccc(O)c(F)c4)C3(c3ccccc3)C2=O)cc1. The minimum atomic E-state index is -1.61. The summed E-state index contributed by atoms with van der Waals surface area (Å²) in [4.78, 5) is 70.7. The minimum Gasteiger partial charge on any atom is -0.507 e. The van der Waals surface area contributed by atoms with Crippen molar-refractivity contribution >= 4 is 41.0 Å². The predicted molar refractivity (Wildman–Crippen MR) is 184 cm³/mol. The molecule has 4 amide bonds. The first-order chi connectivity index (χ1) is 24.9. The van der Waals surface area contributed by atoms with Crippen LogP contribution in [0.2, 0.25) is 0 Å². The van der Waals surface area contributed by atoms with Gasteiger partial charge in [0.1, 0.15) is 11.3 Å². The van der Waals surface area contributed by atoms with Gasteiger partial charge in [-0.1, -0.05) is 65.7 Å². The molecule has 6 unspecified atom stereocenters. The standard InChI is InChI=1S/C40H32FN3O8/c1-20-7-10-23(11-8-20)42-44-36(48)29-19-28-25(14-15-27-33(28)37(49)43(35(27)47)24-12-13-26(38(50)51)32(46)18-24)34(21-9-16-31(45)30(41)17-21)40(29,39(44)52)22-5-3-2-4-6-22/h2-14,16-18,27-29,33-34,42,45-46H,15,19H2,1H3,(H,50,51). The molecule has 2 saturated heterocycles. The van der Waals surface area contributed by atoms with E-state index in [0.717, 1.165) is 33.7 Å². The Hall–Kier alpha value is -6.30. The number of aromatic carboxylic acids is 1. The molecule has 8 rings (SSSR count). The number of amides is 4. The highest BCUT2D eigenvalue weighted by atomic mass is 19.1. The molecule has 3 fully saturated rings. The van der Waals surface area contributed by atoms with Gasteiger partial charge in [-0.2, -0.15) is 5.01 Å². The molecule has 1 saturated carbocycles. The zero-order valence-electron chi connectivity index (χ0n) is 27.7. The number of phenolic OH excluding ortho intramolecular Hbond substituents is 1. The Morgan fingerprint density at radius 3 is 2.25 bits per heavy atom. The zero-order chi connectivity index (χ0) is 36.6.